The molecule has 0 fully saturated rings. The van der Waals surface area contributed by atoms with Gasteiger partial charge in [0.05, 0.1) is 11.9 Å². The molecule has 0 saturated heterocycles. The minimum Gasteiger partial charge on any atom is -0.478 e. The first-order valence-electron chi connectivity index (χ1n) is 8.05. The zero-order chi connectivity index (χ0) is 18.9. The standard InChI is InChI=1S/C18H19ClN2O4S/c1-12-3-8-16-15(11-12)21(26(2,23)24)10-9-17(25-16)18(22)20-14-6-4-13(19)5-7-14/h3-8,11,17H,9-10H2,1-2H3,(H,20,22)/t17-/m1/s1. The van der Waals surface area contributed by atoms with Crippen LogP contribution < -0.4 is 14.4 Å². The fraction of sp³-hybridized carbons (Fsp3) is 0.278. The third-order valence-corrected chi connectivity index (χ3v) is 5.48. The van der Waals surface area contributed by atoms with Crippen LogP contribution in [0.2, 0.25) is 5.02 Å². The maximum atomic E-state index is 12.6. The predicted octanol–water partition coefficient (Wildman–Crippen LogP) is 3.20. The summed E-state index contributed by atoms with van der Waals surface area (Å²) >= 11 is 5.85. The molecule has 8 heteroatoms. The summed E-state index contributed by atoms with van der Waals surface area (Å²) in [6, 6.07) is 12.0. The second kappa shape index (κ2) is 7.17. The summed E-state index contributed by atoms with van der Waals surface area (Å²) in [7, 11) is -3.49. The summed E-state index contributed by atoms with van der Waals surface area (Å²) in [4.78, 5) is 12.6. The Morgan fingerprint density at radius 2 is 1.92 bits per heavy atom. The van der Waals surface area contributed by atoms with E-state index in [1.165, 1.54) is 4.31 Å². The Kier molecular flexibility index (Phi) is 5.11. The number of benzene rings is 2. The first kappa shape index (κ1) is 18.5. The molecule has 26 heavy (non-hydrogen) atoms. The SMILES string of the molecule is Cc1ccc2c(c1)N(S(C)(=O)=O)CC[C@H](C(=O)Nc1ccc(Cl)cc1)O2. The molecular weight excluding hydrogens is 376 g/mol. The monoisotopic (exact) mass is 394 g/mol. The Balaban J connectivity index is 1.86. The summed E-state index contributed by atoms with van der Waals surface area (Å²) in [5.74, 6) is 0.0315. The molecule has 2 aromatic carbocycles. The number of halogens is 1. The van der Waals surface area contributed by atoms with Crippen LogP contribution >= 0.6 is 11.6 Å². The zero-order valence-corrected chi connectivity index (χ0v) is 16.0. The van der Waals surface area contributed by atoms with Gasteiger partial charge in [0.25, 0.3) is 5.91 Å². The molecule has 1 amide bonds. The quantitative estimate of drug-likeness (QED) is 0.867. The van der Waals surface area contributed by atoms with Crippen molar-refractivity contribution in [3.8, 4) is 5.75 Å². The highest BCUT2D eigenvalue weighted by Gasteiger charge is 2.31. The molecule has 0 saturated carbocycles. The van der Waals surface area contributed by atoms with Crippen LogP contribution in [0.3, 0.4) is 0 Å². The van der Waals surface area contributed by atoms with Gasteiger partial charge in [0, 0.05) is 23.7 Å². The van der Waals surface area contributed by atoms with Crippen molar-refractivity contribution in [1.29, 1.82) is 0 Å². The Hall–Kier alpha value is -2.25. The summed E-state index contributed by atoms with van der Waals surface area (Å²) in [6.07, 6.45) is 0.576. The van der Waals surface area contributed by atoms with E-state index in [0.717, 1.165) is 11.8 Å². The molecule has 6 nitrogen and oxygen atoms in total. The van der Waals surface area contributed by atoms with E-state index in [-0.39, 0.29) is 18.9 Å². The molecule has 1 heterocycles. The van der Waals surface area contributed by atoms with Crippen LogP contribution in [0.4, 0.5) is 11.4 Å². The van der Waals surface area contributed by atoms with Gasteiger partial charge in [-0.15, -0.1) is 0 Å². The zero-order valence-electron chi connectivity index (χ0n) is 14.4. The van der Waals surface area contributed by atoms with Crippen LogP contribution in [0, 0.1) is 6.92 Å². The Morgan fingerprint density at radius 3 is 2.58 bits per heavy atom. The number of rotatable bonds is 3. The van der Waals surface area contributed by atoms with E-state index < -0.39 is 16.1 Å². The minimum absolute atomic E-state index is 0.161. The van der Waals surface area contributed by atoms with Gasteiger partial charge < -0.3 is 10.1 Å². The van der Waals surface area contributed by atoms with Crippen LogP contribution in [0.1, 0.15) is 12.0 Å². The van der Waals surface area contributed by atoms with E-state index in [9.17, 15) is 13.2 Å². The lowest BCUT2D eigenvalue weighted by molar-refractivity contribution is -0.122. The van der Waals surface area contributed by atoms with Crippen molar-refractivity contribution in [2.24, 2.45) is 0 Å². The number of fused-ring (bicyclic) bond motifs is 1. The van der Waals surface area contributed by atoms with Gasteiger partial charge in [0.1, 0.15) is 5.75 Å². The maximum Gasteiger partial charge on any atom is 0.265 e. The van der Waals surface area contributed by atoms with Gasteiger partial charge in [-0.25, -0.2) is 8.42 Å². The van der Waals surface area contributed by atoms with Gasteiger partial charge >= 0.3 is 0 Å². The molecule has 0 spiro atoms. The van der Waals surface area contributed by atoms with Crippen LogP contribution in [0.25, 0.3) is 0 Å². The first-order chi connectivity index (χ1) is 12.2. The highest BCUT2D eigenvalue weighted by molar-refractivity contribution is 7.92. The lowest BCUT2D eigenvalue weighted by atomic mass is 10.2. The third kappa shape index (κ3) is 4.11. The molecule has 138 valence electrons. The molecule has 3 rings (SSSR count). The lowest BCUT2D eigenvalue weighted by Gasteiger charge is -2.21. The number of hydrogen-bond donors (Lipinski definition) is 1. The van der Waals surface area contributed by atoms with Crippen LogP contribution in [0.15, 0.2) is 42.5 Å². The Labute approximate surface area is 157 Å². The van der Waals surface area contributed by atoms with Gasteiger partial charge in [0.15, 0.2) is 6.10 Å². The molecule has 2 aromatic rings. The molecule has 0 bridgehead atoms. The summed E-state index contributed by atoms with van der Waals surface area (Å²) in [5.41, 5.74) is 1.95. The second-order valence-corrected chi connectivity index (χ2v) is 8.54. The van der Waals surface area contributed by atoms with Gasteiger partial charge in [0.2, 0.25) is 10.0 Å². The molecule has 1 aliphatic rings. The number of sulfonamides is 1. The fourth-order valence-corrected chi connectivity index (χ4v) is 3.84. The Morgan fingerprint density at radius 1 is 1.23 bits per heavy atom. The first-order valence-corrected chi connectivity index (χ1v) is 10.3. The van der Waals surface area contributed by atoms with E-state index in [1.54, 1.807) is 36.4 Å². The average Bonchev–Trinajstić information content (AvgIpc) is 2.76. The highest BCUT2D eigenvalue weighted by Crippen LogP contribution is 2.35. The largest absolute Gasteiger partial charge is 0.478 e. The molecule has 0 radical (unpaired) electrons. The van der Waals surface area contributed by atoms with Crippen molar-refractivity contribution >= 4 is 38.9 Å². The number of nitrogens with one attached hydrogen (secondary N) is 1. The molecule has 1 N–H and O–H groups in total. The third-order valence-electron chi connectivity index (χ3n) is 4.05. The van der Waals surface area contributed by atoms with Crippen molar-refractivity contribution in [3.05, 3.63) is 53.1 Å². The maximum absolute atomic E-state index is 12.6. The fourth-order valence-electron chi connectivity index (χ4n) is 2.77. The summed E-state index contributed by atoms with van der Waals surface area (Å²) in [5, 5.41) is 3.34. The van der Waals surface area contributed by atoms with E-state index in [2.05, 4.69) is 5.32 Å². The number of anilines is 2. The van der Waals surface area contributed by atoms with Crippen LogP contribution in [0.5, 0.6) is 5.75 Å². The predicted molar refractivity (Wildman–Crippen MR) is 102 cm³/mol. The Bertz CT molecular complexity index is 929. The van der Waals surface area contributed by atoms with E-state index in [4.69, 9.17) is 16.3 Å². The number of amides is 1. The number of aryl methyl sites for hydroxylation is 1. The van der Waals surface area contributed by atoms with E-state index in [1.807, 2.05) is 13.0 Å². The van der Waals surface area contributed by atoms with Gasteiger partial charge in [-0.1, -0.05) is 17.7 Å². The topological polar surface area (TPSA) is 75.7 Å². The number of carbonyl (C=O) groups is 1. The van der Waals surface area contributed by atoms with Crippen molar-refractivity contribution in [2.75, 3.05) is 22.4 Å². The molecule has 1 atom stereocenters. The second-order valence-electron chi connectivity index (χ2n) is 6.20. The number of carbonyl (C=O) groups excluding carboxylic acids is 1. The average molecular weight is 395 g/mol. The summed E-state index contributed by atoms with van der Waals surface area (Å²) in [6.45, 7) is 2.03. The summed E-state index contributed by atoms with van der Waals surface area (Å²) < 4.78 is 31.5. The van der Waals surface area contributed by atoms with Crippen LogP contribution in [-0.4, -0.2) is 33.2 Å². The van der Waals surface area contributed by atoms with Crippen molar-refractivity contribution in [3.63, 3.8) is 0 Å². The number of ether oxygens (including phenoxy) is 1. The normalized spacial score (nSPS) is 17.0. The molecular formula is C18H19ClN2O4S. The van der Waals surface area contributed by atoms with Gasteiger partial charge in [-0.2, -0.15) is 0 Å². The van der Waals surface area contributed by atoms with Crippen molar-refractivity contribution < 1.29 is 17.9 Å². The molecule has 0 aliphatic carbocycles. The number of hydrogen-bond acceptors (Lipinski definition) is 4. The van der Waals surface area contributed by atoms with E-state index in [0.29, 0.717) is 22.1 Å². The minimum atomic E-state index is -3.49. The molecule has 1 aliphatic heterocycles. The van der Waals surface area contributed by atoms with E-state index >= 15 is 0 Å². The molecule has 0 aromatic heterocycles. The number of nitrogens with zero attached hydrogens (tertiary/aromatic N) is 1. The lowest BCUT2D eigenvalue weighted by Crippen LogP contribution is -2.35. The van der Waals surface area contributed by atoms with Gasteiger partial charge in [-0.3, -0.25) is 9.10 Å². The van der Waals surface area contributed by atoms with Crippen molar-refractivity contribution in [2.45, 2.75) is 19.4 Å². The van der Waals surface area contributed by atoms with Gasteiger partial charge in [-0.05, 0) is 48.9 Å². The van der Waals surface area contributed by atoms with Crippen molar-refractivity contribution in [1.82, 2.24) is 0 Å². The van der Waals surface area contributed by atoms with Crippen LogP contribution in [-0.2, 0) is 14.8 Å². The smallest absolute Gasteiger partial charge is 0.265 e. The molecule has 0 unspecified atom stereocenters. The highest BCUT2D eigenvalue weighted by atomic mass is 35.5.